The number of likely N-dealkylation sites (N-methyl/N-ethyl adjacent to an activating group) is 1. The first-order valence-corrected chi connectivity index (χ1v) is 7.25. The van der Waals surface area contributed by atoms with Crippen LogP contribution < -0.4 is 4.74 Å². The van der Waals surface area contributed by atoms with E-state index in [-0.39, 0.29) is 11.9 Å². The van der Waals surface area contributed by atoms with Crippen LogP contribution in [0, 0.1) is 0 Å². The molecule has 1 fully saturated rings. The molecule has 0 saturated carbocycles. The molecule has 1 aliphatic heterocycles. The number of ether oxygens (including phenoxy) is 1. The molecule has 0 aliphatic carbocycles. The Kier molecular flexibility index (Phi) is 4.29. The molecular weight excluding hydrogens is 280 g/mol. The molecule has 0 atom stereocenters. The first-order valence-electron chi connectivity index (χ1n) is 7.25. The van der Waals surface area contributed by atoms with Crippen molar-refractivity contribution in [1.29, 1.82) is 0 Å². The van der Waals surface area contributed by atoms with E-state index in [4.69, 9.17) is 4.74 Å². The molecule has 2 heterocycles. The third-order valence-corrected chi connectivity index (χ3v) is 3.62. The lowest BCUT2D eigenvalue weighted by atomic mass is 10.1. The number of amides is 1. The van der Waals surface area contributed by atoms with Gasteiger partial charge in [-0.2, -0.15) is 0 Å². The molecule has 1 aromatic heterocycles. The number of hydrogen-bond acceptors (Lipinski definition) is 5. The minimum Gasteiger partial charge on any atom is -0.424 e. The van der Waals surface area contributed by atoms with E-state index in [0.717, 1.165) is 26.2 Å². The van der Waals surface area contributed by atoms with E-state index in [9.17, 15) is 4.79 Å². The highest BCUT2D eigenvalue weighted by atomic mass is 16.5. The highest BCUT2D eigenvalue weighted by Gasteiger charge is 2.20. The molecule has 0 radical (unpaired) electrons. The largest absolute Gasteiger partial charge is 0.424 e. The molecule has 0 N–H and O–H groups in total. The summed E-state index contributed by atoms with van der Waals surface area (Å²) in [6, 6.07) is 9.13. The third-order valence-electron chi connectivity index (χ3n) is 3.62. The first-order chi connectivity index (χ1) is 10.7. The van der Waals surface area contributed by atoms with Crippen LogP contribution in [0.5, 0.6) is 11.8 Å². The fourth-order valence-electron chi connectivity index (χ4n) is 2.33. The fourth-order valence-corrected chi connectivity index (χ4v) is 2.33. The monoisotopic (exact) mass is 298 g/mol. The van der Waals surface area contributed by atoms with Gasteiger partial charge in [0.15, 0.2) is 0 Å². The standard InChI is InChI=1S/C16H18N4O2/c1-19-8-10-20(11-9-19)15(21)13-4-2-5-14(12-13)22-16-17-6-3-7-18-16/h2-7,12H,8-11H2,1H3. The lowest BCUT2D eigenvalue weighted by molar-refractivity contribution is 0.0664. The number of hydrogen-bond donors (Lipinski definition) is 0. The third kappa shape index (κ3) is 3.40. The zero-order chi connectivity index (χ0) is 15.4. The summed E-state index contributed by atoms with van der Waals surface area (Å²) >= 11 is 0. The number of aromatic nitrogens is 2. The van der Waals surface area contributed by atoms with Gasteiger partial charge in [0.2, 0.25) is 0 Å². The van der Waals surface area contributed by atoms with Gasteiger partial charge in [-0.25, -0.2) is 9.97 Å². The van der Waals surface area contributed by atoms with Gasteiger partial charge in [0.25, 0.3) is 5.91 Å². The van der Waals surface area contributed by atoms with Crippen LogP contribution in [0.2, 0.25) is 0 Å². The minimum absolute atomic E-state index is 0.0348. The van der Waals surface area contributed by atoms with Crippen molar-refractivity contribution in [2.24, 2.45) is 0 Å². The summed E-state index contributed by atoms with van der Waals surface area (Å²) in [5.41, 5.74) is 0.623. The Morgan fingerprint density at radius 2 is 1.82 bits per heavy atom. The Morgan fingerprint density at radius 3 is 2.55 bits per heavy atom. The number of rotatable bonds is 3. The molecule has 0 spiro atoms. The second-order valence-corrected chi connectivity index (χ2v) is 5.26. The Balaban J connectivity index is 1.72. The Morgan fingerprint density at radius 1 is 1.09 bits per heavy atom. The number of benzene rings is 1. The molecule has 114 valence electrons. The van der Waals surface area contributed by atoms with Crippen LogP contribution in [0.1, 0.15) is 10.4 Å². The molecule has 1 amide bonds. The van der Waals surface area contributed by atoms with Gasteiger partial charge in [-0.1, -0.05) is 6.07 Å². The summed E-state index contributed by atoms with van der Waals surface area (Å²) < 4.78 is 5.57. The van der Waals surface area contributed by atoms with Crippen molar-refractivity contribution in [2.45, 2.75) is 0 Å². The van der Waals surface area contributed by atoms with Crippen LogP contribution in [0.15, 0.2) is 42.7 Å². The predicted molar refractivity (Wildman–Crippen MR) is 81.9 cm³/mol. The lowest BCUT2D eigenvalue weighted by Gasteiger charge is -2.32. The van der Waals surface area contributed by atoms with E-state index in [1.807, 2.05) is 11.0 Å². The molecule has 0 bridgehead atoms. The molecule has 0 unspecified atom stereocenters. The lowest BCUT2D eigenvalue weighted by Crippen LogP contribution is -2.47. The smallest absolute Gasteiger partial charge is 0.321 e. The second kappa shape index (κ2) is 6.53. The van der Waals surface area contributed by atoms with E-state index in [0.29, 0.717) is 11.3 Å². The van der Waals surface area contributed by atoms with Gasteiger partial charge < -0.3 is 14.5 Å². The van der Waals surface area contributed by atoms with Gasteiger partial charge in [-0.3, -0.25) is 4.79 Å². The van der Waals surface area contributed by atoms with Crippen LogP contribution in [0.4, 0.5) is 0 Å². The van der Waals surface area contributed by atoms with Gasteiger partial charge in [0.1, 0.15) is 5.75 Å². The maximum absolute atomic E-state index is 12.5. The summed E-state index contributed by atoms with van der Waals surface area (Å²) in [5, 5.41) is 0. The molecule has 1 saturated heterocycles. The summed E-state index contributed by atoms with van der Waals surface area (Å²) in [5.74, 6) is 0.596. The summed E-state index contributed by atoms with van der Waals surface area (Å²) in [6.07, 6.45) is 3.23. The number of carbonyl (C=O) groups is 1. The maximum atomic E-state index is 12.5. The predicted octanol–water partition coefficient (Wildman–Crippen LogP) is 1.66. The number of nitrogens with zero attached hydrogens (tertiary/aromatic N) is 4. The Labute approximate surface area is 129 Å². The average Bonchev–Trinajstić information content (AvgIpc) is 2.56. The zero-order valence-corrected chi connectivity index (χ0v) is 12.5. The maximum Gasteiger partial charge on any atom is 0.321 e. The summed E-state index contributed by atoms with van der Waals surface area (Å²) in [4.78, 5) is 24.6. The van der Waals surface area contributed by atoms with Crippen LogP contribution in [-0.2, 0) is 0 Å². The van der Waals surface area contributed by atoms with Crippen molar-refractivity contribution in [3.8, 4) is 11.8 Å². The molecule has 3 rings (SSSR count). The van der Waals surface area contributed by atoms with Gasteiger partial charge in [0, 0.05) is 44.1 Å². The topological polar surface area (TPSA) is 58.6 Å². The normalized spacial score (nSPS) is 15.6. The average molecular weight is 298 g/mol. The number of carbonyl (C=O) groups excluding carboxylic acids is 1. The molecule has 1 aromatic carbocycles. The van der Waals surface area contributed by atoms with Crippen molar-refractivity contribution in [3.05, 3.63) is 48.3 Å². The molecule has 2 aromatic rings. The Hall–Kier alpha value is -2.47. The van der Waals surface area contributed by atoms with E-state index < -0.39 is 0 Å². The van der Waals surface area contributed by atoms with Crippen molar-refractivity contribution in [2.75, 3.05) is 33.2 Å². The van der Waals surface area contributed by atoms with Crippen LogP contribution in [-0.4, -0.2) is 58.9 Å². The van der Waals surface area contributed by atoms with Crippen molar-refractivity contribution >= 4 is 5.91 Å². The molecule has 1 aliphatic rings. The summed E-state index contributed by atoms with van der Waals surface area (Å²) in [7, 11) is 2.07. The highest BCUT2D eigenvalue weighted by molar-refractivity contribution is 5.94. The number of piperazine rings is 1. The van der Waals surface area contributed by atoms with Crippen molar-refractivity contribution in [3.63, 3.8) is 0 Å². The van der Waals surface area contributed by atoms with Gasteiger partial charge in [0.05, 0.1) is 0 Å². The van der Waals surface area contributed by atoms with Crippen LogP contribution >= 0.6 is 0 Å². The molecule has 22 heavy (non-hydrogen) atoms. The van der Waals surface area contributed by atoms with Crippen molar-refractivity contribution < 1.29 is 9.53 Å². The SMILES string of the molecule is CN1CCN(C(=O)c2cccc(Oc3ncccn3)c2)CC1. The van der Waals surface area contributed by atoms with E-state index in [2.05, 4.69) is 21.9 Å². The molecule has 6 nitrogen and oxygen atoms in total. The second-order valence-electron chi connectivity index (χ2n) is 5.26. The molecule has 6 heteroatoms. The van der Waals surface area contributed by atoms with Gasteiger partial charge in [-0.15, -0.1) is 0 Å². The first kappa shape index (κ1) is 14.5. The van der Waals surface area contributed by atoms with E-state index in [1.165, 1.54) is 0 Å². The van der Waals surface area contributed by atoms with Gasteiger partial charge >= 0.3 is 6.01 Å². The highest BCUT2D eigenvalue weighted by Crippen LogP contribution is 2.19. The van der Waals surface area contributed by atoms with E-state index in [1.54, 1.807) is 36.7 Å². The fraction of sp³-hybridized carbons (Fsp3) is 0.312. The van der Waals surface area contributed by atoms with E-state index >= 15 is 0 Å². The van der Waals surface area contributed by atoms with Gasteiger partial charge in [-0.05, 0) is 31.3 Å². The van der Waals surface area contributed by atoms with Crippen LogP contribution in [0.25, 0.3) is 0 Å². The van der Waals surface area contributed by atoms with Crippen molar-refractivity contribution in [1.82, 2.24) is 19.8 Å². The zero-order valence-electron chi connectivity index (χ0n) is 12.5. The summed E-state index contributed by atoms with van der Waals surface area (Å²) in [6.45, 7) is 3.31. The quantitative estimate of drug-likeness (QED) is 0.862. The molecular formula is C16H18N4O2. The van der Waals surface area contributed by atoms with Crippen LogP contribution in [0.3, 0.4) is 0 Å². The Bertz CT molecular complexity index is 640. The minimum atomic E-state index is 0.0348.